The molecule has 1 atom stereocenters. The number of halogens is 1. The van der Waals surface area contributed by atoms with Crippen LogP contribution in [0.25, 0.3) is 0 Å². The fraction of sp³-hybridized carbons (Fsp3) is 0.471. The molecule has 114 valence electrons. The molecule has 1 aromatic heterocycles. The smallest absolute Gasteiger partial charge is 0.0643 e. The predicted octanol–water partition coefficient (Wildman–Crippen LogP) is 4.35. The van der Waals surface area contributed by atoms with Gasteiger partial charge in [-0.1, -0.05) is 19.1 Å². The van der Waals surface area contributed by atoms with Gasteiger partial charge < -0.3 is 5.32 Å². The number of nitrogens with one attached hydrogen (secondary N) is 1. The number of hydrogen-bond acceptors (Lipinski definition) is 2. The van der Waals surface area contributed by atoms with Crippen LogP contribution in [0.1, 0.15) is 50.5 Å². The third-order valence-corrected chi connectivity index (χ3v) is 4.24. The Kier molecular flexibility index (Phi) is 6.23. The standard InChI is InChI=1S/C17H24IN3/c1-4-10-19-17(14-5-7-15(18)8-6-14)12-16-9-11-21(20-16)13(2)3/h5-9,11,13,17,19H,4,10,12H2,1-3H3. The highest BCUT2D eigenvalue weighted by atomic mass is 127. The molecule has 0 fully saturated rings. The van der Waals surface area contributed by atoms with Crippen LogP contribution in [0.5, 0.6) is 0 Å². The van der Waals surface area contributed by atoms with Crippen molar-refractivity contribution < 1.29 is 0 Å². The Morgan fingerprint density at radius 2 is 1.90 bits per heavy atom. The molecule has 0 radical (unpaired) electrons. The Morgan fingerprint density at radius 1 is 1.19 bits per heavy atom. The molecule has 1 unspecified atom stereocenters. The molecular formula is C17H24IN3. The molecule has 21 heavy (non-hydrogen) atoms. The average Bonchev–Trinajstić information content (AvgIpc) is 2.93. The van der Waals surface area contributed by atoms with Crippen LogP contribution in [0.2, 0.25) is 0 Å². The molecule has 1 N–H and O–H groups in total. The van der Waals surface area contributed by atoms with Gasteiger partial charge in [-0.05, 0) is 73.2 Å². The lowest BCUT2D eigenvalue weighted by atomic mass is 10.0. The summed E-state index contributed by atoms with van der Waals surface area (Å²) in [4.78, 5) is 0. The molecule has 1 aromatic carbocycles. The van der Waals surface area contributed by atoms with Crippen LogP contribution in [-0.4, -0.2) is 16.3 Å². The Bertz CT molecular complexity index is 545. The number of hydrogen-bond donors (Lipinski definition) is 1. The first-order valence-electron chi connectivity index (χ1n) is 7.63. The Hall–Kier alpha value is -0.880. The van der Waals surface area contributed by atoms with E-state index in [0.29, 0.717) is 12.1 Å². The molecule has 0 spiro atoms. The topological polar surface area (TPSA) is 29.9 Å². The lowest BCUT2D eigenvalue weighted by Crippen LogP contribution is -2.24. The summed E-state index contributed by atoms with van der Waals surface area (Å²) in [5.41, 5.74) is 2.49. The van der Waals surface area contributed by atoms with Crippen molar-refractivity contribution in [3.05, 3.63) is 51.4 Å². The summed E-state index contributed by atoms with van der Waals surface area (Å²) in [7, 11) is 0. The van der Waals surface area contributed by atoms with E-state index in [-0.39, 0.29) is 0 Å². The summed E-state index contributed by atoms with van der Waals surface area (Å²) in [6, 6.07) is 11.7. The molecule has 0 saturated heterocycles. The third kappa shape index (κ3) is 4.81. The highest BCUT2D eigenvalue weighted by Gasteiger charge is 2.13. The fourth-order valence-electron chi connectivity index (χ4n) is 2.30. The van der Waals surface area contributed by atoms with E-state index >= 15 is 0 Å². The summed E-state index contributed by atoms with van der Waals surface area (Å²) in [6.07, 6.45) is 4.15. The van der Waals surface area contributed by atoms with Crippen molar-refractivity contribution in [3.8, 4) is 0 Å². The minimum atomic E-state index is 0.331. The minimum Gasteiger partial charge on any atom is -0.310 e. The second-order valence-corrected chi connectivity index (χ2v) is 6.89. The van der Waals surface area contributed by atoms with Crippen LogP contribution in [0, 0.1) is 3.57 Å². The van der Waals surface area contributed by atoms with E-state index in [4.69, 9.17) is 0 Å². The fourth-order valence-corrected chi connectivity index (χ4v) is 2.66. The van der Waals surface area contributed by atoms with E-state index in [0.717, 1.165) is 25.1 Å². The first kappa shape index (κ1) is 16.5. The molecule has 0 amide bonds. The van der Waals surface area contributed by atoms with Crippen molar-refractivity contribution in [2.24, 2.45) is 0 Å². The lowest BCUT2D eigenvalue weighted by Gasteiger charge is -2.18. The maximum Gasteiger partial charge on any atom is 0.0643 e. The average molecular weight is 397 g/mol. The molecule has 2 rings (SSSR count). The van der Waals surface area contributed by atoms with E-state index in [1.807, 2.05) is 4.68 Å². The third-order valence-electron chi connectivity index (χ3n) is 3.52. The first-order chi connectivity index (χ1) is 10.1. The van der Waals surface area contributed by atoms with E-state index in [2.05, 4.69) is 90.3 Å². The zero-order valence-electron chi connectivity index (χ0n) is 13.0. The molecule has 0 aliphatic rings. The van der Waals surface area contributed by atoms with Crippen LogP contribution < -0.4 is 5.32 Å². The maximum atomic E-state index is 4.68. The summed E-state index contributed by atoms with van der Waals surface area (Å²) in [5.74, 6) is 0. The van der Waals surface area contributed by atoms with E-state index in [1.54, 1.807) is 0 Å². The van der Waals surface area contributed by atoms with Crippen LogP contribution in [0.15, 0.2) is 36.5 Å². The molecule has 0 aliphatic carbocycles. The zero-order chi connectivity index (χ0) is 15.2. The Balaban J connectivity index is 2.13. The van der Waals surface area contributed by atoms with E-state index in [1.165, 1.54) is 9.13 Å². The highest BCUT2D eigenvalue weighted by Crippen LogP contribution is 2.19. The van der Waals surface area contributed by atoms with Gasteiger partial charge in [0.2, 0.25) is 0 Å². The molecule has 4 heteroatoms. The molecule has 0 saturated carbocycles. The zero-order valence-corrected chi connectivity index (χ0v) is 15.2. The van der Waals surface area contributed by atoms with Gasteiger partial charge in [-0.15, -0.1) is 0 Å². The van der Waals surface area contributed by atoms with E-state index < -0.39 is 0 Å². The van der Waals surface area contributed by atoms with Crippen molar-refractivity contribution in [1.82, 2.24) is 15.1 Å². The predicted molar refractivity (Wildman–Crippen MR) is 96.5 cm³/mol. The van der Waals surface area contributed by atoms with Gasteiger partial charge in [0.15, 0.2) is 0 Å². The van der Waals surface area contributed by atoms with Gasteiger partial charge >= 0.3 is 0 Å². The molecule has 2 aromatic rings. The van der Waals surface area contributed by atoms with Gasteiger partial charge in [-0.3, -0.25) is 4.68 Å². The Morgan fingerprint density at radius 3 is 2.48 bits per heavy atom. The second-order valence-electron chi connectivity index (χ2n) is 5.64. The van der Waals surface area contributed by atoms with Gasteiger partial charge in [0.1, 0.15) is 0 Å². The van der Waals surface area contributed by atoms with Crippen LogP contribution in [-0.2, 0) is 6.42 Å². The van der Waals surface area contributed by atoms with Gasteiger partial charge in [0, 0.05) is 28.3 Å². The lowest BCUT2D eigenvalue weighted by molar-refractivity contribution is 0.499. The molecular weight excluding hydrogens is 373 g/mol. The second kappa shape index (κ2) is 7.94. The van der Waals surface area contributed by atoms with Crippen LogP contribution >= 0.6 is 22.6 Å². The summed E-state index contributed by atoms with van der Waals surface area (Å²) in [6.45, 7) is 7.54. The highest BCUT2D eigenvalue weighted by molar-refractivity contribution is 14.1. The normalized spacial score (nSPS) is 12.8. The summed E-state index contributed by atoms with van der Waals surface area (Å²) in [5, 5.41) is 8.32. The van der Waals surface area contributed by atoms with Gasteiger partial charge in [-0.2, -0.15) is 5.10 Å². The molecule has 0 aliphatic heterocycles. The van der Waals surface area contributed by atoms with Gasteiger partial charge in [0.05, 0.1) is 5.69 Å². The summed E-state index contributed by atoms with van der Waals surface area (Å²) < 4.78 is 3.30. The monoisotopic (exact) mass is 397 g/mol. The Labute approximate surface area is 141 Å². The van der Waals surface area contributed by atoms with Crippen LogP contribution in [0.4, 0.5) is 0 Å². The largest absolute Gasteiger partial charge is 0.310 e. The maximum absolute atomic E-state index is 4.68. The summed E-state index contributed by atoms with van der Waals surface area (Å²) >= 11 is 2.35. The van der Waals surface area contributed by atoms with E-state index in [9.17, 15) is 0 Å². The SMILES string of the molecule is CCCNC(Cc1ccn(C(C)C)n1)c1ccc(I)cc1. The first-order valence-corrected chi connectivity index (χ1v) is 8.71. The van der Waals surface area contributed by atoms with Gasteiger partial charge in [-0.25, -0.2) is 0 Å². The van der Waals surface area contributed by atoms with Crippen molar-refractivity contribution >= 4 is 22.6 Å². The van der Waals surface area contributed by atoms with Gasteiger partial charge in [0.25, 0.3) is 0 Å². The number of rotatable bonds is 7. The number of aromatic nitrogens is 2. The molecule has 1 heterocycles. The van der Waals surface area contributed by atoms with Crippen molar-refractivity contribution in [2.45, 2.75) is 45.7 Å². The number of benzene rings is 1. The van der Waals surface area contributed by atoms with Crippen molar-refractivity contribution in [2.75, 3.05) is 6.54 Å². The molecule has 0 bridgehead atoms. The quantitative estimate of drug-likeness (QED) is 0.704. The van der Waals surface area contributed by atoms with Crippen molar-refractivity contribution in [3.63, 3.8) is 0 Å². The van der Waals surface area contributed by atoms with Crippen LogP contribution in [0.3, 0.4) is 0 Å². The molecule has 3 nitrogen and oxygen atoms in total. The van der Waals surface area contributed by atoms with Crippen molar-refractivity contribution in [1.29, 1.82) is 0 Å². The number of nitrogens with zero attached hydrogens (tertiary/aromatic N) is 2. The minimum absolute atomic E-state index is 0.331.